The molecule has 168 valence electrons. The molecule has 0 aliphatic carbocycles. The fraction of sp³-hybridized carbons (Fsp3) is 0.304. The molecule has 0 aliphatic heterocycles. The molecule has 0 saturated carbocycles. The first-order valence-corrected chi connectivity index (χ1v) is 11.5. The first-order valence-electron chi connectivity index (χ1n) is 10.4. The summed E-state index contributed by atoms with van der Waals surface area (Å²) in [4.78, 5) is 35.6. The number of nitrogens with zero attached hydrogens (tertiary/aromatic N) is 3. The number of likely N-dealkylation sites (N-methyl/N-ethyl adjacent to an activating group) is 1. The van der Waals surface area contributed by atoms with Crippen molar-refractivity contribution in [3.8, 4) is 5.75 Å². The van der Waals surface area contributed by atoms with Gasteiger partial charge in [0.2, 0.25) is 0 Å². The van der Waals surface area contributed by atoms with Gasteiger partial charge in [-0.3, -0.25) is 14.6 Å². The van der Waals surface area contributed by atoms with Crippen LogP contribution in [0, 0.1) is 3.57 Å². The van der Waals surface area contributed by atoms with Crippen LogP contribution in [0.25, 0.3) is 11.0 Å². The van der Waals surface area contributed by atoms with Crippen LogP contribution < -0.4 is 15.4 Å². The molecule has 0 radical (unpaired) electrons. The minimum Gasteiger partial charge on any atom is -0.483 e. The predicted molar refractivity (Wildman–Crippen MR) is 133 cm³/mol. The monoisotopic (exact) mass is 545 g/mol. The Morgan fingerprint density at radius 3 is 2.62 bits per heavy atom. The second-order valence-electron chi connectivity index (χ2n) is 7.01. The summed E-state index contributed by atoms with van der Waals surface area (Å²) in [6.45, 7) is 7.31. The van der Waals surface area contributed by atoms with Crippen LogP contribution in [0.5, 0.6) is 5.75 Å². The number of hydrogen-bond acceptors (Lipinski definition) is 6. The zero-order chi connectivity index (χ0) is 22.9. The lowest BCUT2D eigenvalue weighted by Crippen LogP contribution is -2.35. The van der Waals surface area contributed by atoms with Crippen LogP contribution in [0.2, 0.25) is 0 Å². The molecule has 1 aromatic heterocycles. The molecule has 8 nitrogen and oxygen atoms in total. The smallest absolute Gasteiger partial charge is 0.271 e. The molecule has 2 N–H and O–H groups in total. The van der Waals surface area contributed by atoms with Gasteiger partial charge in [-0.05, 0) is 66.0 Å². The van der Waals surface area contributed by atoms with Crippen molar-refractivity contribution >= 4 is 51.1 Å². The Bertz CT molecular complexity index is 1090. The molecule has 0 bridgehead atoms. The largest absolute Gasteiger partial charge is 0.483 e. The average molecular weight is 545 g/mol. The van der Waals surface area contributed by atoms with E-state index in [2.05, 4.69) is 61.9 Å². The molecular weight excluding hydrogens is 519 g/mol. The number of fused-ring (bicyclic) bond motifs is 1. The van der Waals surface area contributed by atoms with Gasteiger partial charge >= 0.3 is 0 Å². The maximum Gasteiger partial charge on any atom is 0.271 e. The second-order valence-corrected chi connectivity index (χ2v) is 8.17. The summed E-state index contributed by atoms with van der Waals surface area (Å²) in [5, 5.41) is 5.67. The van der Waals surface area contributed by atoms with E-state index in [0.29, 0.717) is 29.0 Å². The maximum absolute atomic E-state index is 12.4. The zero-order valence-electron chi connectivity index (χ0n) is 18.1. The number of rotatable bonds is 10. The summed E-state index contributed by atoms with van der Waals surface area (Å²) in [6.07, 6.45) is 1.45. The summed E-state index contributed by atoms with van der Waals surface area (Å²) >= 11 is 2.16. The van der Waals surface area contributed by atoms with Gasteiger partial charge in [-0.1, -0.05) is 26.0 Å². The van der Waals surface area contributed by atoms with Gasteiger partial charge in [0.25, 0.3) is 11.8 Å². The van der Waals surface area contributed by atoms with Gasteiger partial charge in [-0.25, -0.2) is 4.98 Å². The Kier molecular flexibility index (Phi) is 8.74. The molecule has 3 rings (SSSR count). The fourth-order valence-corrected chi connectivity index (χ4v) is 3.60. The molecule has 0 fully saturated rings. The van der Waals surface area contributed by atoms with Gasteiger partial charge in [0, 0.05) is 18.8 Å². The van der Waals surface area contributed by atoms with Crippen LogP contribution in [0.3, 0.4) is 0 Å². The van der Waals surface area contributed by atoms with Crippen LogP contribution in [-0.4, -0.2) is 59.5 Å². The molecule has 9 heteroatoms. The van der Waals surface area contributed by atoms with Crippen LogP contribution >= 0.6 is 22.6 Å². The molecule has 0 atom stereocenters. The molecule has 0 spiro atoms. The Balaban J connectivity index is 1.57. The molecule has 2 amide bonds. The first-order chi connectivity index (χ1) is 15.5. The third-order valence-corrected chi connectivity index (χ3v) is 5.75. The van der Waals surface area contributed by atoms with Gasteiger partial charge in [-0.15, -0.1) is 0 Å². The number of aromatic nitrogens is 2. The molecule has 3 aromatic rings. The number of ether oxygens (including phenoxy) is 1. The number of carbonyl (C=O) groups is 2. The van der Waals surface area contributed by atoms with Gasteiger partial charge in [0.05, 0.1) is 20.8 Å². The number of para-hydroxylation sites is 1. The number of amides is 2. The molecule has 0 unspecified atom stereocenters. The minimum absolute atomic E-state index is 0.101. The fourth-order valence-electron chi connectivity index (χ4n) is 3.06. The topological polar surface area (TPSA) is 96.5 Å². The summed E-state index contributed by atoms with van der Waals surface area (Å²) in [6, 6.07) is 12.7. The first kappa shape index (κ1) is 23.9. The third-order valence-electron chi connectivity index (χ3n) is 4.86. The van der Waals surface area contributed by atoms with Crippen molar-refractivity contribution < 1.29 is 14.3 Å². The van der Waals surface area contributed by atoms with E-state index < -0.39 is 0 Å². The van der Waals surface area contributed by atoms with Crippen molar-refractivity contribution in [1.29, 1.82) is 0 Å². The van der Waals surface area contributed by atoms with Crippen LogP contribution in [-0.2, 0) is 4.79 Å². The number of nitrogens with one attached hydrogen (secondary N) is 2. The van der Waals surface area contributed by atoms with Crippen LogP contribution in [0.1, 0.15) is 24.3 Å². The minimum atomic E-state index is -0.277. The Hall–Kier alpha value is -2.79. The second kappa shape index (κ2) is 11.7. The Morgan fingerprint density at radius 1 is 1.09 bits per heavy atom. The summed E-state index contributed by atoms with van der Waals surface area (Å²) in [5.41, 5.74) is 2.01. The molecule has 1 heterocycles. The van der Waals surface area contributed by atoms with Gasteiger partial charge < -0.3 is 20.3 Å². The van der Waals surface area contributed by atoms with E-state index in [4.69, 9.17) is 4.74 Å². The van der Waals surface area contributed by atoms with Crippen molar-refractivity contribution in [1.82, 2.24) is 20.2 Å². The highest BCUT2D eigenvalue weighted by Crippen LogP contribution is 2.20. The number of anilines is 1. The van der Waals surface area contributed by atoms with E-state index in [1.807, 2.05) is 24.3 Å². The van der Waals surface area contributed by atoms with Crippen molar-refractivity contribution in [2.75, 3.05) is 38.1 Å². The van der Waals surface area contributed by atoms with Crippen molar-refractivity contribution in [2.24, 2.45) is 0 Å². The highest BCUT2D eigenvalue weighted by molar-refractivity contribution is 14.1. The number of carbonyl (C=O) groups excluding carboxylic acids is 2. The van der Waals surface area contributed by atoms with Crippen molar-refractivity contribution in [2.45, 2.75) is 13.8 Å². The van der Waals surface area contributed by atoms with Gasteiger partial charge in [0.1, 0.15) is 11.4 Å². The number of hydrogen-bond donors (Lipinski definition) is 2. The molecule has 0 saturated heterocycles. The van der Waals surface area contributed by atoms with E-state index in [1.165, 1.54) is 6.20 Å². The van der Waals surface area contributed by atoms with E-state index in [9.17, 15) is 9.59 Å². The zero-order valence-corrected chi connectivity index (χ0v) is 20.3. The SMILES string of the molecule is CCN(CC)CCNC(=O)c1cnc2cc(NC(=O)COc3ccccc3[125I])ccc2n1. The third kappa shape index (κ3) is 6.60. The average Bonchev–Trinajstić information content (AvgIpc) is 2.81. The Labute approximate surface area is 200 Å². The van der Waals surface area contributed by atoms with E-state index in [1.54, 1.807) is 18.2 Å². The standard InChI is InChI=1S/C23H26IN5O3/c1-3-29(4-2)12-11-25-23(31)20-14-26-19-13-16(9-10-18(19)28-20)27-22(30)15-32-21-8-6-5-7-17(21)24/h5-10,13-14H,3-4,11-12,15H2,1-2H3,(H,25,31)(H,27,30)/i24-2. The number of benzene rings is 2. The molecule has 2 aromatic carbocycles. The predicted octanol–water partition coefficient (Wildman–Crippen LogP) is 3.32. The van der Waals surface area contributed by atoms with Gasteiger partial charge in [-0.2, -0.15) is 0 Å². The van der Waals surface area contributed by atoms with Crippen molar-refractivity contribution in [3.05, 3.63) is 57.9 Å². The van der Waals surface area contributed by atoms with Gasteiger partial charge in [0.15, 0.2) is 6.61 Å². The van der Waals surface area contributed by atoms with E-state index in [0.717, 1.165) is 23.2 Å². The summed E-state index contributed by atoms with van der Waals surface area (Å²) < 4.78 is 6.50. The highest BCUT2D eigenvalue weighted by atomic mass is 125. The summed E-state index contributed by atoms with van der Waals surface area (Å²) in [7, 11) is 0. The van der Waals surface area contributed by atoms with Crippen LogP contribution in [0.4, 0.5) is 5.69 Å². The summed E-state index contributed by atoms with van der Waals surface area (Å²) in [5.74, 6) is 0.133. The lowest BCUT2D eigenvalue weighted by Gasteiger charge is -2.17. The normalized spacial score (nSPS) is 10.9. The maximum atomic E-state index is 12.4. The lowest BCUT2D eigenvalue weighted by atomic mass is 10.2. The lowest BCUT2D eigenvalue weighted by molar-refractivity contribution is -0.118. The van der Waals surface area contributed by atoms with E-state index in [-0.39, 0.29) is 24.1 Å². The molecular formula is C23H26IN5O3. The van der Waals surface area contributed by atoms with Crippen LogP contribution in [0.15, 0.2) is 48.7 Å². The van der Waals surface area contributed by atoms with Crippen molar-refractivity contribution in [3.63, 3.8) is 0 Å². The Morgan fingerprint density at radius 2 is 1.88 bits per heavy atom. The quantitative estimate of drug-likeness (QED) is 0.380. The molecule has 32 heavy (non-hydrogen) atoms. The number of halogens is 1. The van der Waals surface area contributed by atoms with E-state index >= 15 is 0 Å². The molecule has 0 aliphatic rings. The highest BCUT2D eigenvalue weighted by Gasteiger charge is 2.11.